The first-order valence-electron chi connectivity index (χ1n) is 8.08. The molecule has 0 amide bonds. The van der Waals surface area contributed by atoms with Crippen LogP contribution in [0.4, 0.5) is 15.9 Å². The largest absolute Gasteiger partial charge is 0.338 e. The van der Waals surface area contributed by atoms with E-state index in [0.29, 0.717) is 28.1 Å². The molecule has 1 aromatic carbocycles. The zero-order valence-corrected chi connectivity index (χ0v) is 13.1. The number of aryl methyl sites for hydroxylation is 1. The summed E-state index contributed by atoms with van der Waals surface area (Å²) in [6, 6.07) is 7.42. The molecule has 0 unspecified atom stereocenters. The number of rotatable bonds is 3. The normalized spacial score (nSPS) is 15.4. The van der Waals surface area contributed by atoms with Gasteiger partial charge in [0, 0.05) is 23.9 Å². The Morgan fingerprint density at radius 2 is 2.04 bits per heavy atom. The van der Waals surface area contributed by atoms with Gasteiger partial charge in [0.2, 0.25) is 0 Å². The molecule has 2 heterocycles. The Balaban J connectivity index is 1.69. The van der Waals surface area contributed by atoms with Crippen molar-refractivity contribution in [1.29, 1.82) is 0 Å². The zero-order chi connectivity index (χ0) is 15.8. The summed E-state index contributed by atoms with van der Waals surface area (Å²) in [4.78, 5) is 4.25. The van der Waals surface area contributed by atoms with Gasteiger partial charge in [-0.05, 0) is 37.5 Å². The molecule has 5 heteroatoms. The summed E-state index contributed by atoms with van der Waals surface area (Å²) in [5, 5.41) is 11.2. The van der Waals surface area contributed by atoms with Crippen LogP contribution < -0.4 is 5.32 Å². The first-order chi connectivity index (χ1) is 11.2. The van der Waals surface area contributed by atoms with Crippen LogP contribution in [-0.4, -0.2) is 15.2 Å². The van der Waals surface area contributed by atoms with E-state index in [1.54, 1.807) is 25.3 Å². The number of benzene rings is 1. The van der Waals surface area contributed by atoms with Crippen molar-refractivity contribution in [2.75, 3.05) is 5.32 Å². The Morgan fingerprint density at radius 3 is 2.87 bits per heavy atom. The number of nitrogens with zero attached hydrogens (tertiary/aromatic N) is 2. The average Bonchev–Trinajstić information content (AvgIpc) is 3.22. The number of aromatic amines is 1. The summed E-state index contributed by atoms with van der Waals surface area (Å²) in [5.74, 6) is 1.07. The van der Waals surface area contributed by atoms with E-state index < -0.39 is 0 Å². The van der Waals surface area contributed by atoms with Gasteiger partial charge in [-0.3, -0.25) is 10.1 Å². The predicted octanol–water partition coefficient (Wildman–Crippen LogP) is 4.81. The Hall–Kier alpha value is -2.43. The van der Waals surface area contributed by atoms with E-state index in [4.69, 9.17) is 0 Å². The number of anilines is 2. The van der Waals surface area contributed by atoms with Crippen LogP contribution in [0.5, 0.6) is 0 Å². The molecule has 1 saturated carbocycles. The van der Waals surface area contributed by atoms with Crippen molar-refractivity contribution < 1.29 is 4.39 Å². The highest BCUT2D eigenvalue weighted by Crippen LogP contribution is 2.34. The van der Waals surface area contributed by atoms with E-state index >= 15 is 0 Å². The highest BCUT2D eigenvalue weighted by molar-refractivity contribution is 5.93. The molecule has 0 bridgehead atoms. The molecule has 4 rings (SSSR count). The molecule has 1 fully saturated rings. The fourth-order valence-corrected chi connectivity index (χ4v) is 3.40. The molecule has 0 spiro atoms. The molecule has 1 aliphatic rings. The maximum Gasteiger partial charge on any atom is 0.152 e. The topological polar surface area (TPSA) is 53.6 Å². The van der Waals surface area contributed by atoms with Crippen molar-refractivity contribution in [3.63, 3.8) is 0 Å². The van der Waals surface area contributed by atoms with Gasteiger partial charge in [-0.2, -0.15) is 5.10 Å². The first kappa shape index (κ1) is 14.2. The molecule has 4 nitrogen and oxygen atoms in total. The standard InChI is InChI=1S/C18H19FN4/c1-11-6-7-13-17(18(11)19)14(8-9-20-13)21-16-10-15(22-23-16)12-4-2-3-5-12/h6-10,12H,2-5H2,1H3,(H2,20,21,22,23). The van der Waals surface area contributed by atoms with Crippen molar-refractivity contribution in [2.24, 2.45) is 0 Å². The molecule has 0 saturated heterocycles. The molecule has 2 aromatic heterocycles. The number of H-pyrrole nitrogens is 1. The molecule has 0 radical (unpaired) electrons. The summed E-state index contributed by atoms with van der Waals surface area (Å²) >= 11 is 0. The SMILES string of the molecule is Cc1ccc2nccc(Nc3cc(C4CCCC4)[nH]n3)c2c1F. The molecule has 0 aliphatic heterocycles. The molecule has 2 N–H and O–H groups in total. The van der Waals surface area contributed by atoms with Gasteiger partial charge in [-0.25, -0.2) is 4.39 Å². The van der Waals surface area contributed by atoms with Gasteiger partial charge in [0.25, 0.3) is 0 Å². The second kappa shape index (κ2) is 5.65. The van der Waals surface area contributed by atoms with E-state index in [9.17, 15) is 4.39 Å². The minimum Gasteiger partial charge on any atom is -0.338 e. The number of hydrogen-bond acceptors (Lipinski definition) is 3. The van der Waals surface area contributed by atoms with Crippen molar-refractivity contribution >= 4 is 22.4 Å². The lowest BCUT2D eigenvalue weighted by Crippen LogP contribution is -1.96. The summed E-state index contributed by atoms with van der Waals surface area (Å²) < 4.78 is 14.5. The van der Waals surface area contributed by atoms with Crippen LogP contribution in [0, 0.1) is 12.7 Å². The van der Waals surface area contributed by atoms with Gasteiger partial charge in [0.15, 0.2) is 5.82 Å². The van der Waals surface area contributed by atoms with Gasteiger partial charge in [-0.1, -0.05) is 18.9 Å². The Kier molecular flexibility index (Phi) is 3.48. The second-order valence-corrected chi connectivity index (χ2v) is 6.26. The lowest BCUT2D eigenvalue weighted by Gasteiger charge is -2.09. The third-order valence-corrected chi connectivity index (χ3v) is 4.69. The Bertz CT molecular complexity index is 849. The van der Waals surface area contributed by atoms with E-state index in [0.717, 1.165) is 5.82 Å². The van der Waals surface area contributed by atoms with Crippen LogP contribution in [0.1, 0.15) is 42.9 Å². The lowest BCUT2D eigenvalue weighted by atomic mass is 10.0. The van der Waals surface area contributed by atoms with Crippen molar-refractivity contribution in [1.82, 2.24) is 15.2 Å². The highest BCUT2D eigenvalue weighted by atomic mass is 19.1. The molecule has 1 aliphatic carbocycles. The van der Waals surface area contributed by atoms with Gasteiger partial charge in [0.1, 0.15) is 5.82 Å². The summed E-state index contributed by atoms with van der Waals surface area (Å²) in [6.07, 6.45) is 6.68. The van der Waals surface area contributed by atoms with Crippen molar-refractivity contribution in [2.45, 2.75) is 38.5 Å². The molecule has 3 aromatic rings. The van der Waals surface area contributed by atoms with Crippen LogP contribution in [0.3, 0.4) is 0 Å². The smallest absolute Gasteiger partial charge is 0.152 e. The van der Waals surface area contributed by atoms with E-state index in [2.05, 4.69) is 20.5 Å². The number of aromatic nitrogens is 3. The first-order valence-corrected chi connectivity index (χ1v) is 8.08. The van der Waals surface area contributed by atoms with Crippen LogP contribution in [0.2, 0.25) is 0 Å². The molecule has 0 atom stereocenters. The molecular formula is C18H19FN4. The van der Waals surface area contributed by atoms with Crippen LogP contribution in [0.15, 0.2) is 30.5 Å². The summed E-state index contributed by atoms with van der Waals surface area (Å²) in [5.41, 5.74) is 3.12. The summed E-state index contributed by atoms with van der Waals surface area (Å²) in [7, 11) is 0. The van der Waals surface area contributed by atoms with Crippen LogP contribution >= 0.6 is 0 Å². The number of nitrogens with one attached hydrogen (secondary N) is 2. The van der Waals surface area contributed by atoms with E-state index in [-0.39, 0.29) is 5.82 Å². The minimum absolute atomic E-state index is 0.232. The number of fused-ring (bicyclic) bond motifs is 1. The highest BCUT2D eigenvalue weighted by Gasteiger charge is 2.19. The van der Waals surface area contributed by atoms with Crippen LogP contribution in [0.25, 0.3) is 10.9 Å². The predicted molar refractivity (Wildman–Crippen MR) is 89.5 cm³/mol. The molecule has 23 heavy (non-hydrogen) atoms. The van der Waals surface area contributed by atoms with E-state index in [1.807, 2.05) is 12.1 Å². The average molecular weight is 310 g/mol. The Labute approximate surface area is 134 Å². The quantitative estimate of drug-likeness (QED) is 0.730. The number of hydrogen-bond donors (Lipinski definition) is 2. The second-order valence-electron chi connectivity index (χ2n) is 6.26. The molecule has 118 valence electrons. The fourth-order valence-electron chi connectivity index (χ4n) is 3.40. The maximum atomic E-state index is 14.5. The number of pyridine rings is 1. The summed E-state index contributed by atoms with van der Waals surface area (Å²) in [6.45, 7) is 1.76. The fraction of sp³-hybridized carbons (Fsp3) is 0.333. The van der Waals surface area contributed by atoms with Crippen LogP contribution in [-0.2, 0) is 0 Å². The van der Waals surface area contributed by atoms with Gasteiger partial charge >= 0.3 is 0 Å². The molecular weight excluding hydrogens is 291 g/mol. The minimum atomic E-state index is -0.232. The third-order valence-electron chi connectivity index (χ3n) is 4.69. The van der Waals surface area contributed by atoms with E-state index in [1.165, 1.54) is 31.4 Å². The third kappa shape index (κ3) is 2.56. The maximum absolute atomic E-state index is 14.5. The van der Waals surface area contributed by atoms with Crippen molar-refractivity contribution in [3.8, 4) is 0 Å². The van der Waals surface area contributed by atoms with Gasteiger partial charge in [0.05, 0.1) is 16.6 Å². The monoisotopic (exact) mass is 310 g/mol. The van der Waals surface area contributed by atoms with Crippen molar-refractivity contribution in [3.05, 3.63) is 47.5 Å². The zero-order valence-electron chi connectivity index (χ0n) is 13.1. The number of halogens is 1. The van der Waals surface area contributed by atoms with Gasteiger partial charge < -0.3 is 5.32 Å². The van der Waals surface area contributed by atoms with Gasteiger partial charge in [-0.15, -0.1) is 0 Å². The lowest BCUT2D eigenvalue weighted by molar-refractivity contribution is 0.630. The Morgan fingerprint density at radius 1 is 1.22 bits per heavy atom.